The van der Waals surface area contributed by atoms with Gasteiger partial charge in [-0.15, -0.1) is 0 Å². The van der Waals surface area contributed by atoms with E-state index in [0.717, 1.165) is 25.7 Å². The fourth-order valence-corrected chi connectivity index (χ4v) is 2.61. The number of rotatable bonds is 6. The third-order valence-electron chi connectivity index (χ3n) is 3.47. The van der Waals surface area contributed by atoms with E-state index in [4.69, 9.17) is 5.11 Å². The zero-order valence-electron chi connectivity index (χ0n) is 11.1. The molecule has 1 aliphatic heterocycles. The zero-order valence-corrected chi connectivity index (χ0v) is 11.1. The van der Waals surface area contributed by atoms with Crippen LogP contribution in [0.2, 0.25) is 0 Å². The third kappa shape index (κ3) is 3.45. The van der Waals surface area contributed by atoms with Crippen LogP contribution in [0.3, 0.4) is 0 Å². The van der Waals surface area contributed by atoms with E-state index in [1.807, 2.05) is 13.8 Å². The van der Waals surface area contributed by atoms with Crippen molar-refractivity contribution in [1.29, 1.82) is 0 Å². The van der Waals surface area contributed by atoms with Crippen molar-refractivity contribution in [2.45, 2.75) is 58.1 Å². The van der Waals surface area contributed by atoms with Crippen molar-refractivity contribution in [1.82, 2.24) is 4.90 Å². The lowest BCUT2D eigenvalue weighted by Crippen LogP contribution is -2.43. The lowest BCUT2D eigenvalue weighted by Gasteiger charge is -2.26. The molecule has 1 rings (SSSR count). The van der Waals surface area contributed by atoms with Crippen LogP contribution in [0, 0.1) is 5.92 Å². The van der Waals surface area contributed by atoms with Gasteiger partial charge >= 0.3 is 5.97 Å². The summed E-state index contributed by atoms with van der Waals surface area (Å²) in [6.45, 7) is 4.19. The molecule has 0 aliphatic carbocycles. The predicted molar refractivity (Wildman–Crippen MR) is 67.1 cm³/mol. The van der Waals surface area contributed by atoms with E-state index >= 15 is 0 Å². The van der Waals surface area contributed by atoms with Gasteiger partial charge < -0.3 is 15.1 Å². The molecule has 1 fully saturated rings. The number of aliphatic hydroxyl groups excluding tert-OH is 1. The SMILES string of the molecule is CCCC(CCC)C(=O)N1C[C@@H](O)C[C@H]1C(=O)O. The second kappa shape index (κ2) is 6.73. The molecule has 18 heavy (non-hydrogen) atoms. The van der Waals surface area contributed by atoms with E-state index in [9.17, 15) is 14.7 Å². The van der Waals surface area contributed by atoms with Gasteiger partial charge in [-0.05, 0) is 12.8 Å². The maximum absolute atomic E-state index is 12.3. The lowest BCUT2D eigenvalue weighted by molar-refractivity contribution is -0.150. The summed E-state index contributed by atoms with van der Waals surface area (Å²) < 4.78 is 0. The molecule has 0 spiro atoms. The number of carboxylic acids is 1. The number of hydrogen-bond donors (Lipinski definition) is 2. The van der Waals surface area contributed by atoms with Gasteiger partial charge in [0.05, 0.1) is 6.10 Å². The molecular formula is C13H23NO4. The maximum Gasteiger partial charge on any atom is 0.326 e. The van der Waals surface area contributed by atoms with Crippen LogP contribution in [0.4, 0.5) is 0 Å². The van der Waals surface area contributed by atoms with Crippen LogP contribution >= 0.6 is 0 Å². The number of aliphatic carboxylic acids is 1. The first-order chi connectivity index (χ1) is 8.51. The summed E-state index contributed by atoms with van der Waals surface area (Å²) in [6, 6.07) is -0.858. The van der Waals surface area contributed by atoms with Crippen LogP contribution in [-0.4, -0.2) is 45.7 Å². The summed E-state index contributed by atoms with van der Waals surface area (Å²) in [4.78, 5) is 24.8. The number of nitrogens with zero attached hydrogens (tertiary/aromatic N) is 1. The number of amides is 1. The van der Waals surface area contributed by atoms with Gasteiger partial charge in [0.2, 0.25) is 5.91 Å². The number of carboxylic acid groups (broad SMARTS) is 1. The van der Waals surface area contributed by atoms with Crippen molar-refractivity contribution in [3.8, 4) is 0 Å². The standard InChI is InChI=1S/C13H23NO4/c1-3-5-9(6-4-2)12(16)14-8-10(15)7-11(14)13(17)18/h9-11,15H,3-8H2,1-2H3,(H,17,18)/t10-,11-/m0/s1. The van der Waals surface area contributed by atoms with E-state index < -0.39 is 18.1 Å². The van der Waals surface area contributed by atoms with Gasteiger partial charge in [0.15, 0.2) is 0 Å². The Morgan fingerprint density at radius 2 is 1.83 bits per heavy atom. The Kier molecular flexibility index (Phi) is 5.59. The fraction of sp³-hybridized carbons (Fsp3) is 0.846. The van der Waals surface area contributed by atoms with Gasteiger partial charge in [-0.2, -0.15) is 0 Å². The monoisotopic (exact) mass is 257 g/mol. The van der Waals surface area contributed by atoms with Crippen molar-refractivity contribution < 1.29 is 19.8 Å². The van der Waals surface area contributed by atoms with Gasteiger partial charge in [0, 0.05) is 18.9 Å². The molecule has 0 aromatic heterocycles. The Balaban J connectivity index is 2.76. The average molecular weight is 257 g/mol. The number of likely N-dealkylation sites (tertiary alicyclic amines) is 1. The van der Waals surface area contributed by atoms with Crippen molar-refractivity contribution in [3.63, 3.8) is 0 Å². The molecule has 1 aliphatic rings. The van der Waals surface area contributed by atoms with Crippen molar-refractivity contribution in [2.24, 2.45) is 5.92 Å². The molecule has 0 radical (unpaired) electrons. The molecule has 0 unspecified atom stereocenters. The van der Waals surface area contributed by atoms with Crippen LogP contribution in [0.1, 0.15) is 46.0 Å². The van der Waals surface area contributed by atoms with E-state index in [2.05, 4.69) is 0 Å². The smallest absolute Gasteiger partial charge is 0.326 e. The highest BCUT2D eigenvalue weighted by Gasteiger charge is 2.40. The van der Waals surface area contributed by atoms with Crippen LogP contribution in [0.5, 0.6) is 0 Å². The van der Waals surface area contributed by atoms with Crippen LogP contribution < -0.4 is 0 Å². The molecule has 0 aromatic carbocycles. The molecule has 1 heterocycles. The number of carbonyl (C=O) groups is 2. The van der Waals surface area contributed by atoms with Gasteiger partial charge in [0.1, 0.15) is 6.04 Å². The molecule has 1 saturated heterocycles. The number of carbonyl (C=O) groups excluding carboxylic acids is 1. The Hall–Kier alpha value is -1.10. The third-order valence-corrected chi connectivity index (χ3v) is 3.47. The van der Waals surface area contributed by atoms with E-state index in [1.54, 1.807) is 0 Å². The summed E-state index contributed by atoms with van der Waals surface area (Å²) in [6.07, 6.45) is 2.82. The zero-order chi connectivity index (χ0) is 13.7. The fourth-order valence-electron chi connectivity index (χ4n) is 2.61. The first kappa shape index (κ1) is 15.0. The van der Waals surface area contributed by atoms with E-state index in [0.29, 0.717) is 0 Å². The summed E-state index contributed by atoms with van der Waals surface area (Å²) >= 11 is 0. The summed E-state index contributed by atoms with van der Waals surface area (Å²) in [5.74, 6) is -1.23. The normalized spacial score (nSPS) is 23.7. The second-order valence-electron chi connectivity index (χ2n) is 5.01. The Morgan fingerprint density at radius 1 is 1.28 bits per heavy atom. The molecular weight excluding hydrogens is 234 g/mol. The number of aliphatic hydroxyl groups is 1. The van der Waals surface area contributed by atoms with Crippen LogP contribution in [0.25, 0.3) is 0 Å². The van der Waals surface area contributed by atoms with Crippen LogP contribution in [0.15, 0.2) is 0 Å². The highest BCUT2D eigenvalue weighted by atomic mass is 16.4. The molecule has 104 valence electrons. The van der Waals surface area contributed by atoms with Gasteiger partial charge in [0.25, 0.3) is 0 Å². The Labute approximate surface area is 108 Å². The first-order valence-electron chi connectivity index (χ1n) is 6.72. The largest absolute Gasteiger partial charge is 0.480 e. The molecule has 2 atom stereocenters. The molecule has 2 N–H and O–H groups in total. The van der Waals surface area contributed by atoms with Crippen molar-refractivity contribution >= 4 is 11.9 Å². The number of hydrogen-bond acceptors (Lipinski definition) is 3. The average Bonchev–Trinajstić information content (AvgIpc) is 2.70. The minimum Gasteiger partial charge on any atom is -0.480 e. The molecule has 0 aromatic rings. The van der Waals surface area contributed by atoms with E-state index in [1.165, 1.54) is 4.90 Å². The minimum absolute atomic E-state index is 0.104. The van der Waals surface area contributed by atoms with Crippen molar-refractivity contribution in [3.05, 3.63) is 0 Å². The van der Waals surface area contributed by atoms with Crippen LogP contribution in [-0.2, 0) is 9.59 Å². The molecule has 0 bridgehead atoms. The topological polar surface area (TPSA) is 77.8 Å². The molecule has 5 heteroatoms. The Bertz CT molecular complexity index is 299. The Morgan fingerprint density at radius 3 is 2.28 bits per heavy atom. The summed E-state index contributed by atoms with van der Waals surface area (Å²) in [5.41, 5.74) is 0. The van der Waals surface area contributed by atoms with Gasteiger partial charge in [-0.3, -0.25) is 4.79 Å². The summed E-state index contributed by atoms with van der Waals surface area (Å²) in [7, 11) is 0. The quantitative estimate of drug-likeness (QED) is 0.750. The van der Waals surface area contributed by atoms with Crippen molar-refractivity contribution in [2.75, 3.05) is 6.54 Å². The van der Waals surface area contributed by atoms with E-state index in [-0.39, 0.29) is 24.8 Å². The second-order valence-corrected chi connectivity index (χ2v) is 5.01. The minimum atomic E-state index is -1.02. The predicted octanol–water partition coefficient (Wildman–Crippen LogP) is 1.25. The molecule has 5 nitrogen and oxygen atoms in total. The lowest BCUT2D eigenvalue weighted by atomic mass is 9.96. The first-order valence-corrected chi connectivity index (χ1v) is 6.72. The highest BCUT2D eigenvalue weighted by Crippen LogP contribution is 2.24. The maximum atomic E-state index is 12.3. The molecule has 0 saturated carbocycles. The van der Waals surface area contributed by atoms with Gasteiger partial charge in [-0.25, -0.2) is 4.79 Å². The van der Waals surface area contributed by atoms with Gasteiger partial charge in [-0.1, -0.05) is 26.7 Å². The highest BCUT2D eigenvalue weighted by molar-refractivity contribution is 5.85. The summed E-state index contributed by atoms with van der Waals surface area (Å²) in [5, 5.41) is 18.6. The molecule has 1 amide bonds. The number of β-amino-alcohol motifs (C(OH)–C–C–N with tert-alkyl or cyclic N) is 1.